The molecule has 0 radical (unpaired) electrons. The number of hydrogen-bond acceptors (Lipinski definition) is 4. The molecule has 0 aliphatic carbocycles. The lowest BCUT2D eigenvalue weighted by Crippen LogP contribution is -2.25. The highest BCUT2D eigenvalue weighted by Crippen LogP contribution is 2.25. The SMILES string of the molecule is O=C(CC(Cc1ccccc1)c1ccco1)NCc1cscn1. The van der Waals surface area contributed by atoms with Crippen LogP contribution < -0.4 is 5.32 Å². The summed E-state index contributed by atoms with van der Waals surface area (Å²) >= 11 is 1.53. The molecule has 2 heterocycles. The van der Waals surface area contributed by atoms with E-state index in [0.29, 0.717) is 13.0 Å². The van der Waals surface area contributed by atoms with Crippen molar-refractivity contribution in [3.05, 3.63) is 76.6 Å². The minimum Gasteiger partial charge on any atom is -0.469 e. The largest absolute Gasteiger partial charge is 0.469 e. The number of carbonyl (C=O) groups is 1. The van der Waals surface area contributed by atoms with Crippen molar-refractivity contribution in [2.24, 2.45) is 0 Å². The fraction of sp³-hybridized carbons (Fsp3) is 0.222. The Hall–Kier alpha value is -2.40. The summed E-state index contributed by atoms with van der Waals surface area (Å²) in [5.41, 5.74) is 3.85. The van der Waals surface area contributed by atoms with E-state index in [1.165, 1.54) is 16.9 Å². The van der Waals surface area contributed by atoms with Crippen LogP contribution in [0.15, 0.2) is 64.0 Å². The van der Waals surface area contributed by atoms with Crippen LogP contribution in [0, 0.1) is 0 Å². The van der Waals surface area contributed by atoms with Crippen LogP contribution in [-0.2, 0) is 17.8 Å². The van der Waals surface area contributed by atoms with Crippen molar-refractivity contribution in [1.29, 1.82) is 0 Å². The van der Waals surface area contributed by atoms with E-state index in [1.54, 1.807) is 11.8 Å². The average molecular weight is 326 g/mol. The van der Waals surface area contributed by atoms with Gasteiger partial charge in [-0.05, 0) is 24.1 Å². The van der Waals surface area contributed by atoms with Gasteiger partial charge in [0.25, 0.3) is 0 Å². The van der Waals surface area contributed by atoms with Gasteiger partial charge in [-0.3, -0.25) is 4.79 Å². The summed E-state index contributed by atoms with van der Waals surface area (Å²) in [4.78, 5) is 16.4. The Balaban J connectivity index is 1.62. The van der Waals surface area contributed by atoms with Gasteiger partial charge in [-0.25, -0.2) is 4.98 Å². The maximum absolute atomic E-state index is 12.3. The summed E-state index contributed by atoms with van der Waals surface area (Å²) in [5, 5.41) is 4.87. The molecule has 0 aliphatic rings. The van der Waals surface area contributed by atoms with Crippen LogP contribution in [-0.4, -0.2) is 10.9 Å². The third-order valence-electron chi connectivity index (χ3n) is 3.65. The third kappa shape index (κ3) is 4.53. The van der Waals surface area contributed by atoms with Crippen LogP contribution >= 0.6 is 11.3 Å². The van der Waals surface area contributed by atoms with E-state index in [9.17, 15) is 4.79 Å². The van der Waals surface area contributed by atoms with Crippen LogP contribution in [0.25, 0.3) is 0 Å². The van der Waals surface area contributed by atoms with Gasteiger partial charge < -0.3 is 9.73 Å². The molecule has 2 aromatic heterocycles. The van der Waals surface area contributed by atoms with E-state index in [1.807, 2.05) is 35.7 Å². The zero-order valence-electron chi connectivity index (χ0n) is 12.6. The van der Waals surface area contributed by atoms with Gasteiger partial charge in [0.15, 0.2) is 0 Å². The zero-order chi connectivity index (χ0) is 15.9. The molecule has 5 heteroatoms. The molecule has 0 aliphatic heterocycles. The molecule has 0 saturated heterocycles. The van der Waals surface area contributed by atoms with Gasteiger partial charge in [0.2, 0.25) is 5.91 Å². The first-order valence-corrected chi connectivity index (χ1v) is 8.46. The Kier molecular flexibility index (Phi) is 5.21. The average Bonchev–Trinajstić information content (AvgIpc) is 3.27. The normalized spacial score (nSPS) is 12.0. The summed E-state index contributed by atoms with van der Waals surface area (Å²) < 4.78 is 5.53. The Labute approximate surface area is 139 Å². The van der Waals surface area contributed by atoms with E-state index in [2.05, 4.69) is 22.4 Å². The van der Waals surface area contributed by atoms with Crippen LogP contribution in [0.2, 0.25) is 0 Å². The fourth-order valence-corrected chi connectivity index (χ4v) is 3.06. The molecule has 1 atom stereocenters. The summed E-state index contributed by atoms with van der Waals surface area (Å²) in [6.45, 7) is 0.471. The van der Waals surface area contributed by atoms with Crippen molar-refractivity contribution in [3.63, 3.8) is 0 Å². The maximum atomic E-state index is 12.3. The second kappa shape index (κ2) is 7.74. The molecule has 0 spiro atoms. The highest BCUT2D eigenvalue weighted by molar-refractivity contribution is 7.07. The van der Waals surface area contributed by atoms with E-state index in [-0.39, 0.29) is 11.8 Å². The Bertz CT molecular complexity index is 709. The summed E-state index contributed by atoms with van der Waals surface area (Å²) in [7, 11) is 0. The number of nitrogens with zero attached hydrogens (tertiary/aromatic N) is 1. The molecule has 0 bridgehead atoms. The number of hydrogen-bond donors (Lipinski definition) is 1. The summed E-state index contributed by atoms with van der Waals surface area (Å²) in [5.74, 6) is 0.885. The molecule has 1 aromatic carbocycles. The van der Waals surface area contributed by atoms with Crippen LogP contribution in [0.4, 0.5) is 0 Å². The van der Waals surface area contributed by atoms with E-state index in [4.69, 9.17) is 4.42 Å². The molecule has 0 fully saturated rings. The number of nitrogens with one attached hydrogen (secondary N) is 1. The first-order valence-electron chi connectivity index (χ1n) is 7.52. The monoisotopic (exact) mass is 326 g/mol. The van der Waals surface area contributed by atoms with Crippen molar-refractivity contribution < 1.29 is 9.21 Å². The smallest absolute Gasteiger partial charge is 0.221 e. The van der Waals surface area contributed by atoms with Crippen molar-refractivity contribution in [2.45, 2.75) is 25.3 Å². The maximum Gasteiger partial charge on any atom is 0.221 e. The predicted octanol–water partition coefficient (Wildman–Crippen LogP) is 3.77. The minimum atomic E-state index is 0.00957. The quantitative estimate of drug-likeness (QED) is 0.719. The van der Waals surface area contributed by atoms with Gasteiger partial charge in [-0.1, -0.05) is 30.3 Å². The molecular formula is C18H18N2O2S. The number of rotatable bonds is 7. The lowest BCUT2D eigenvalue weighted by molar-refractivity contribution is -0.121. The zero-order valence-corrected chi connectivity index (χ0v) is 13.5. The molecule has 23 heavy (non-hydrogen) atoms. The van der Waals surface area contributed by atoms with E-state index < -0.39 is 0 Å². The molecule has 118 valence electrons. The highest BCUT2D eigenvalue weighted by atomic mass is 32.1. The molecule has 3 aromatic rings. The van der Waals surface area contributed by atoms with Gasteiger partial charge >= 0.3 is 0 Å². The second-order valence-corrected chi connectivity index (χ2v) is 6.08. The third-order valence-corrected chi connectivity index (χ3v) is 4.29. The molecule has 1 N–H and O–H groups in total. The fourth-order valence-electron chi connectivity index (χ4n) is 2.51. The standard InChI is InChI=1S/C18H18N2O2S/c21-18(19-11-16-12-23-13-20-16)10-15(17-7-4-8-22-17)9-14-5-2-1-3-6-14/h1-8,12-13,15H,9-11H2,(H,19,21). The van der Waals surface area contributed by atoms with E-state index in [0.717, 1.165) is 17.9 Å². The summed E-state index contributed by atoms with van der Waals surface area (Å²) in [6, 6.07) is 14.0. The van der Waals surface area contributed by atoms with Crippen LogP contribution in [0.1, 0.15) is 29.4 Å². The topological polar surface area (TPSA) is 55.1 Å². The molecular weight excluding hydrogens is 308 g/mol. The number of benzene rings is 1. The Morgan fingerprint density at radius 2 is 2.09 bits per heavy atom. The van der Waals surface area contributed by atoms with Gasteiger partial charge in [0.1, 0.15) is 5.76 Å². The van der Waals surface area contributed by atoms with Crippen molar-refractivity contribution in [1.82, 2.24) is 10.3 Å². The summed E-state index contributed by atoms with van der Waals surface area (Å²) in [6.07, 6.45) is 2.82. The number of aromatic nitrogens is 1. The van der Waals surface area contributed by atoms with Crippen molar-refractivity contribution in [2.75, 3.05) is 0 Å². The van der Waals surface area contributed by atoms with Gasteiger partial charge in [-0.2, -0.15) is 0 Å². The first-order chi connectivity index (χ1) is 11.3. The lowest BCUT2D eigenvalue weighted by Gasteiger charge is -2.14. The number of amides is 1. The molecule has 1 amide bonds. The predicted molar refractivity (Wildman–Crippen MR) is 90.2 cm³/mol. The highest BCUT2D eigenvalue weighted by Gasteiger charge is 2.19. The number of furan rings is 1. The second-order valence-electron chi connectivity index (χ2n) is 5.36. The number of thiazole rings is 1. The Morgan fingerprint density at radius 1 is 1.22 bits per heavy atom. The molecule has 0 saturated carbocycles. The van der Waals surface area contributed by atoms with Crippen molar-refractivity contribution >= 4 is 17.2 Å². The molecule has 1 unspecified atom stereocenters. The van der Waals surface area contributed by atoms with Crippen LogP contribution in [0.5, 0.6) is 0 Å². The van der Waals surface area contributed by atoms with Gasteiger partial charge in [-0.15, -0.1) is 11.3 Å². The van der Waals surface area contributed by atoms with E-state index >= 15 is 0 Å². The van der Waals surface area contributed by atoms with Gasteiger partial charge in [0, 0.05) is 17.7 Å². The lowest BCUT2D eigenvalue weighted by atomic mass is 9.93. The minimum absolute atomic E-state index is 0.00957. The molecule has 3 rings (SSSR count). The van der Waals surface area contributed by atoms with Crippen molar-refractivity contribution in [3.8, 4) is 0 Å². The Morgan fingerprint density at radius 3 is 2.78 bits per heavy atom. The first kappa shape index (κ1) is 15.5. The number of carbonyl (C=O) groups excluding carboxylic acids is 1. The molecule has 4 nitrogen and oxygen atoms in total. The van der Waals surface area contributed by atoms with Gasteiger partial charge in [0.05, 0.1) is 24.0 Å². The van der Waals surface area contributed by atoms with Crippen LogP contribution in [0.3, 0.4) is 0 Å².